The molecule has 0 N–H and O–H groups in total. The normalized spacial score (nSPS) is 16.0. The zero-order valence-corrected chi connectivity index (χ0v) is 15.0. The number of hydrogen-bond acceptors (Lipinski definition) is 4. The van der Waals surface area contributed by atoms with Crippen LogP contribution in [0.3, 0.4) is 0 Å². The van der Waals surface area contributed by atoms with Gasteiger partial charge in [0.05, 0.1) is 12.1 Å². The van der Waals surface area contributed by atoms with E-state index in [1.165, 1.54) is 5.56 Å². The molecule has 1 saturated heterocycles. The number of nitrogens with zero attached hydrogens (tertiary/aromatic N) is 3. The van der Waals surface area contributed by atoms with Gasteiger partial charge in [0.15, 0.2) is 0 Å². The molecule has 0 unspecified atom stereocenters. The number of aromatic nitrogens is 1. The summed E-state index contributed by atoms with van der Waals surface area (Å²) in [5, 5.41) is 3.85. The first kappa shape index (κ1) is 17.7. The minimum atomic E-state index is 0.141. The van der Waals surface area contributed by atoms with Gasteiger partial charge in [-0.1, -0.05) is 35.5 Å². The van der Waals surface area contributed by atoms with Crippen molar-refractivity contribution >= 4 is 5.91 Å². The summed E-state index contributed by atoms with van der Waals surface area (Å²) in [6.45, 7) is 6.63. The van der Waals surface area contributed by atoms with Crippen LogP contribution in [0.4, 0.5) is 0 Å². The SMILES string of the molecule is Cc1cc(CC(=O)N2CCCN(CCCc3ccccc3)CC2)on1. The molecule has 1 fully saturated rings. The van der Waals surface area contributed by atoms with Crippen LogP contribution in [0.15, 0.2) is 40.9 Å². The fraction of sp³-hybridized carbons (Fsp3) is 0.500. The van der Waals surface area contributed by atoms with E-state index in [1.807, 2.05) is 17.9 Å². The van der Waals surface area contributed by atoms with Crippen molar-refractivity contribution in [3.63, 3.8) is 0 Å². The van der Waals surface area contributed by atoms with Crippen molar-refractivity contribution < 1.29 is 9.32 Å². The highest BCUT2D eigenvalue weighted by atomic mass is 16.5. The van der Waals surface area contributed by atoms with E-state index >= 15 is 0 Å². The lowest BCUT2D eigenvalue weighted by Gasteiger charge is -2.21. The zero-order valence-electron chi connectivity index (χ0n) is 15.0. The molecule has 2 aromatic rings. The molecule has 0 spiro atoms. The molecule has 5 heteroatoms. The molecule has 3 rings (SSSR count). The number of aryl methyl sites for hydroxylation is 2. The maximum Gasteiger partial charge on any atom is 0.230 e. The van der Waals surface area contributed by atoms with Crippen LogP contribution in [0.2, 0.25) is 0 Å². The Morgan fingerprint density at radius 3 is 2.76 bits per heavy atom. The Hall–Kier alpha value is -2.14. The fourth-order valence-corrected chi connectivity index (χ4v) is 3.36. The Morgan fingerprint density at radius 2 is 2.00 bits per heavy atom. The van der Waals surface area contributed by atoms with Crippen LogP contribution in [0, 0.1) is 6.92 Å². The van der Waals surface area contributed by atoms with Gasteiger partial charge >= 0.3 is 0 Å². The first-order valence-electron chi connectivity index (χ1n) is 9.17. The molecule has 0 atom stereocenters. The summed E-state index contributed by atoms with van der Waals surface area (Å²) >= 11 is 0. The summed E-state index contributed by atoms with van der Waals surface area (Å²) < 4.78 is 5.17. The number of carbonyl (C=O) groups is 1. The van der Waals surface area contributed by atoms with Crippen LogP contribution in [0.25, 0.3) is 0 Å². The zero-order chi connectivity index (χ0) is 17.5. The summed E-state index contributed by atoms with van der Waals surface area (Å²) in [6.07, 6.45) is 3.63. The van der Waals surface area contributed by atoms with Crippen molar-refractivity contribution in [2.24, 2.45) is 0 Å². The van der Waals surface area contributed by atoms with Crippen molar-refractivity contribution in [3.05, 3.63) is 53.4 Å². The highest BCUT2D eigenvalue weighted by molar-refractivity contribution is 5.78. The van der Waals surface area contributed by atoms with Crippen LogP contribution >= 0.6 is 0 Å². The number of benzene rings is 1. The van der Waals surface area contributed by atoms with E-state index in [0.717, 1.165) is 57.7 Å². The molecule has 0 aliphatic carbocycles. The van der Waals surface area contributed by atoms with Gasteiger partial charge in [0.1, 0.15) is 5.76 Å². The molecule has 25 heavy (non-hydrogen) atoms. The number of rotatable bonds is 6. The number of hydrogen-bond donors (Lipinski definition) is 0. The average molecular weight is 341 g/mol. The standard InChI is InChI=1S/C20H27N3O2/c1-17-15-19(25-21-17)16-20(24)23-12-6-11-22(13-14-23)10-5-9-18-7-3-2-4-8-18/h2-4,7-8,15H,5-6,9-14,16H2,1H3. The monoisotopic (exact) mass is 341 g/mol. The van der Waals surface area contributed by atoms with Gasteiger partial charge in [-0.05, 0) is 44.8 Å². The molecule has 0 bridgehead atoms. The van der Waals surface area contributed by atoms with Gasteiger partial charge in [-0.3, -0.25) is 4.79 Å². The van der Waals surface area contributed by atoms with Gasteiger partial charge in [0.2, 0.25) is 5.91 Å². The lowest BCUT2D eigenvalue weighted by Crippen LogP contribution is -2.36. The van der Waals surface area contributed by atoms with E-state index < -0.39 is 0 Å². The molecule has 134 valence electrons. The lowest BCUT2D eigenvalue weighted by molar-refractivity contribution is -0.130. The van der Waals surface area contributed by atoms with Crippen LogP contribution in [-0.2, 0) is 17.6 Å². The summed E-state index contributed by atoms with van der Waals surface area (Å²) in [6, 6.07) is 12.5. The summed E-state index contributed by atoms with van der Waals surface area (Å²) in [7, 11) is 0. The molecule has 1 aliphatic rings. The molecule has 2 heterocycles. The first-order valence-corrected chi connectivity index (χ1v) is 9.17. The Labute approximate surface area is 149 Å². The molecule has 1 aromatic heterocycles. The van der Waals surface area contributed by atoms with E-state index in [1.54, 1.807) is 0 Å². The predicted octanol–water partition coefficient (Wildman–Crippen LogP) is 2.69. The van der Waals surface area contributed by atoms with Gasteiger partial charge in [0.25, 0.3) is 0 Å². The fourth-order valence-electron chi connectivity index (χ4n) is 3.36. The Morgan fingerprint density at radius 1 is 1.16 bits per heavy atom. The van der Waals surface area contributed by atoms with Crippen molar-refractivity contribution in [1.29, 1.82) is 0 Å². The van der Waals surface area contributed by atoms with E-state index in [-0.39, 0.29) is 5.91 Å². The predicted molar refractivity (Wildman–Crippen MR) is 97.3 cm³/mol. The van der Waals surface area contributed by atoms with E-state index in [4.69, 9.17) is 4.52 Å². The third-order valence-corrected chi connectivity index (χ3v) is 4.73. The summed E-state index contributed by atoms with van der Waals surface area (Å²) in [4.78, 5) is 16.9. The highest BCUT2D eigenvalue weighted by Crippen LogP contribution is 2.10. The Balaban J connectivity index is 1.41. The minimum Gasteiger partial charge on any atom is -0.361 e. The van der Waals surface area contributed by atoms with Crippen LogP contribution < -0.4 is 0 Å². The second-order valence-corrected chi connectivity index (χ2v) is 6.78. The minimum absolute atomic E-state index is 0.141. The van der Waals surface area contributed by atoms with Crippen LogP contribution in [0.1, 0.15) is 29.9 Å². The molecular weight excluding hydrogens is 314 g/mol. The second kappa shape index (κ2) is 8.81. The van der Waals surface area contributed by atoms with E-state index in [0.29, 0.717) is 12.2 Å². The topological polar surface area (TPSA) is 49.6 Å². The highest BCUT2D eigenvalue weighted by Gasteiger charge is 2.20. The molecule has 0 saturated carbocycles. The van der Waals surface area contributed by atoms with Gasteiger partial charge in [-0.15, -0.1) is 0 Å². The maximum absolute atomic E-state index is 12.5. The second-order valence-electron chi connectivity index (χ2n) is 6.78. The largest absolute Gasteiger partial charge is 0.361 e. The molecule has 1 aromatic carbocycles. The Bertz CT molecular complexity index is 669. The number of carbonyl (C=O) groups excluding carboxylic acids is 1. The van der Waals surface area contributed by atoms with E-state index in [2.05, 4.69) is 40.4 Å². The van der Waals surface area contributed by atoms with Crippen molar-refractivity contribution in [2.75, 3.05) is 32.7 Å². The summed E-state index contributed by atoms with van der Waals surface area (Å²) in [5.41, 5.74) is 2.22. The molecule has 5 nitrogen and oxygen atoms in total. The average Bonchev–Trinajstić information content (AvgIpc) is 2.88. The van der Waals surface area contributed by atoms with Crippen LogP contribution in [-0.4, -0.2) is 53.6 Å². The number of amides is 1. The van der Waals surface area contributed by atoms with Gasteiger partial charge in [-0.2, -0.15) is 0 Å². The maximum atomic E-state index is 12.5. The Kier molecular flexibility index (Phi) is 6.23. The molecule has 1 aliphatic heterocycles. The molecule has 1 amide bonds. The van der Waals surface area contributed by atoms with Crippen molar-refractivity contribution in [3.8, 4) is 0 Å². The third kappa shape index (κ3) is 5.43. The van der Waals surface area contributed by atoms with Gasteiger partial charge in [0, 0.05) is 25.7 Å². The van der Waals surface area contributed by atoms with E-state index in [9.17, 15) is 4.79 Å². The molecular formula is C20H27N3O2. The van der Waals surface area contributed by atoms with Gasteiger partial charge in [-0.25, -0.2) is 0 Å². The van der Waals surface area contributed by atoms with Crippen molar-refractivity contribution in [1.82, 2.24) is 15.0 Å². The van der Waals surface area contributed by atoms with Gasteiger partial charge < -0.3 is 14.3 Å². The first-order chi connectivity index (χ1) is 12.2. The molecule has 0 radical (unpaired) electrons. The van der Waals surface area contributed by atoms with Crippen molar-refractivity contribution in [2.45, 2.75) is 32.6 Å². The smallest absolute Gasteiger partial charge is 0.230 e. The third-order valence-electron chi connectivity index (χ3n) is 4.73. The lowest BCUT2D eigenvalue weighted by atomic mass is 10.1. The summed E-state index contributed by atoms with van der Waals surface area (Å²) in [5.74, 6) is 0.800. The quantitative estimate of drug-likeness (QED) is 0.811. The van der Waals surface area contributed by atoms with Crippen LogP contribution in [0.5, 0.6) is 0 Å².